The summed E-state index contributed by atoms with van der Waals surface area (Å²) in [6.45, 7) is 1.01. The molecule has 13 heavy (non-hydrogen) atoms. The Balaban J connectivity index is 2.25. The predicted molar refractivity (Wildman–Crippen MR) is 51.6 cm³/mol. The van der Waals surface area contributed by atoms with Crippen molar-refractivity contribution in [2.75, 3.05) is 20.8 Å². The van der Waals surface area contributed by atoms with Crippen LogP contribution in [0, 0.1) is 0 Å². The Labute approximate surface area is 79.8 Å². The highest BCUT2D eigenvalue weighted by molar-refractivity contribution is 6.44. The van der Waals surface area contributed by atoms with Crippen molar-refractivity contribution >= 4 is 7.12 Å². The van der Waals surface area contributed by atoms with Crippen molar-refractivity contribution < 1.29 is 14.4 Å². The highest BCUT2D eigenvalue weighted by Crippen LogP contribution is 2.13. The summed E-state index contributed by atoms with van der Waals surface area (Å²) in [5.74, 6) is 0. The molecule has 5 heteroatoms. The lowest BCUT2D eigenvalue weighted by molar-refractivity contribution is 0.140. The Morgan fingerprint density at radius 1 is 1.54 bits per heavy atom. The van der Waals surface area contributed by atoms with Crippen molar-refractivity contribution in [1.82, 2.24) is 5.32 Å². The SMILES string of the molecule is COB(C[C@@H](O)[C@@H]1CCCN1)OC. The molecular weight excluding hydrogens is 169 g/mol. The summed E-state index contributed by atoms with van der Waals surface area (Å²) in [5, 5.41) is 13.0. The normalized spacial score (nSPS) is 24.7. The molecule has 0 aromatic carbocycles. The molecule has 1 saturated heterocycles. The van der Waals surface area contributed by atoms with E-state index in [1.165, 1.54) is 0 Å². The summed E-state index contributed by atoms with van der Waals surface area (Å²) >= 11 is 0. The first-order valence-corrected chi connectivity index (χ1v) is 4.75. The van der Waals surface area contributed by atoms with Gasteiger partial charge in [0.1, 0.15) is 0 Å². The first-order chi connectivity index (χ1) is 6.27. The molecular formula is C8H18BNO3. The van der Waals surface area contributed by atoms with E-state index in [9.17, 15) is 5.11 Å². The first-order valence-electron chi connectivity index (χ1n) is 4.75. The van der Waals surface area contributed by atoms with Crippen LogP contribution >= 0.6 is 0 Å². The van der Waals surface area contributed by atoms with Gasteiger partial charge in [-0.2, -0.15) is 0 Å². The maximum absolute atomic E-state index is 9.76. The summed E-state index contributed by atoms with van der Waals surface area (Å²) in [5.41, 5.74) is 0. The van der Waals surface area contributed by atoms with Gasteiger partial charge in [-0.25, -0.2) is 0 Å². The molecule has 0 saturated carbocycles. The van der Waals surface area contributed by atoms with Gasteiger partial charge in [0.2, 0.25) is 0 Å². The summed E-state index contributed by atoms with van der Waals surface area (Å²) in [6, 6.07) is 0.216. The van der Waals surface area contributed by atoms with Crippen LogP contribution in [-0.4, -0.2) is 45.1 Å². The van der Waals surface area contributed by atoms with Crippen LogP contribution < -0.4 is 5.32 Å². The van der Waals surface area contributed by atoms with Crippen LogP contribution in [0.2, 0.25) is 6.32 Å². The molecule has 1 fully saturated rings. The van der Waals surface area contributed by atoms with Gasteiger partial charge in [-0.3, -0.25) is 0 Å². The van der Waals surface area contributed by atoms with Crippen LogP contribution in [0.5, 0.6) is 0 Å². The quantitative estimate of drug-likeness (QED) is 0.589. The summed E-state index contributed by atoms with van der Waals surface area (Å²) in [6.07, 6.45) is 2.35. The van der Waals surface area contributed by atoms with Gasteiger partial charge in [0.15, 0.2) is 0 Å². The van der Waals surface area contributed by atoms with Crippen molar-refractivity contribution in [3.05, 3.63) is 0 Å². The molecule has 2 N–H and O–H groups in total. The van der Waals surface area contributed by atoms with E-state index in [0.717, 1.165) is 19.4 Å². The third-order valence-electron chi connectivity index (χ3n) is 2.52. The van der Waals surface area contributed by atoms with Crippen LogP contribution in [0.15, 0.2) is 0 Å². The molecule has 0 radical (unpaired) electrons. The predicted octanol–water partition coefficient (Wildman–Crippen LogP) is -0.120. The Kier molecular flexibility index (Phi) is 4.73. The lowest BCUT2D eigenvalue weighted by Crippen LogP contribution is -2.38. The van der Waals surface area contributed by atoms with Crippen molar-refractivity contribution in [2.45, 2.75) is 31.3 Å². The summed E-state index contributed by atoms with van der Waals surface area (Å²) in [7, 11) is 2.88. The minimum absolute atomic E-state index is 0.216. The minimum atomic E-state index is -0.368. The monoisotopic (exact) mass is 187 g/mol. The van der Waals surface area contributed by atoms with Gasteiger partial charge in [0.05, 0.1) is 6.10 Å². The molecule has 1 rings (SSSR count). The van der Waals surface area contributed by atoms with E-state index in [4.69, 9.17) is 9.31 Å². The van der Waals surface area contributed by atoms with Gasteiger partial charge in [0, 0.05) is 26.6 Å². The largest absolute Gasteiger partial charge is 0.459 e. The Morgan fingerprint density at radius 3 is 2.69 bits per heavy atom. The van der Waals surface area contributed by atoms with Gasteiger partial charge in [-0.1, -0.05) is 0 Å². The van der Waals surface area contributed by atoms with Gasteiger partial charge in [-0.15, -0.1) is 0 Å². The fourth-order valence-electron chi connectivity index (χ4n) is 1.69. The van der Waals surface area contributed by atoms with E-state index < -0.39 is 0 Å². The van der Waals surface area contributed by atoms with E-state index in [1.807, 2.05) is 0 Å². The van der Waals surface area contributed by atoms with E-state index in [0.29, 0.717) is 6.32 Å². The van der Waals surface area contributed by atoms with E-state index in [1.54, 1.807) is 14.2 Å². The minimum Gasteiger partial charge on any atom is -0.414 e. The number of rotatable bonds is 5. The van der Waals surface area contributed by atoms with Crippen LogP contribution in [0.4, 0.5) is 0 Å². The molecule has 2 atom stereocenters. The van der Waals surface area contributed by atoms with E-state index >= 15 is 0 Å². The number of nitrogens with one attached hydrogen (secondary N) is 1. The third-order valence-corrected chi connectivity index (χ3v) is 2.52. The molecule has 0 aliphatic carbocycles. The van der Waals surface area contributed by atoms with Crippen molar-refractivity contribution in [2.24, 2.45) is 0 Å². The fourth-order valence-corrected chi connectivity index (χ4v) is 1.69. The molecule has 76 valence electrons. The van der Waals surface area contributed by atoms with Crippen LogP contribution in [0.3, 0.4) is 0 Å². The molecule has 0 unspecified atom stereocenters. The summed E-state index contributed by atoms with van der Waals surface area (Å²) in [4.78, 5) is 0. The molecule has 1 aliphatic rings. The van der Waals surface area contributed by atoms with Gasteiger partial charge >= 0.3 is 7.12 Å². The molecule has 0 amide bonds. The van der Waals surface area contributed by atoms with Crippen molar-refractivity contribution in [3.63, 3.8) is 0 Å². The molecule has 0 aromatic heterocycles. The van der Waals surface area contributed by atoms with Gasteiger partial charge in [-0.05, 0) is 19.4 Å². The number of aliphatic hydroxyl groups excluding tert-OH is 1. The Bertz CT molecular complexity index is 137. The van der Waals surface area contributed by atoms with Crippen LogP contribution in [0.25, 0.3) is 0 Å². The van der Waals surface area contributed by atoms with E-state index in [-0.39, 0.29) is 19.3 Å². The van der Waals surface area contributed by atoms with Crippen molar-refractivity contribution in [1.29, 1.82) is 0 Å². The molecule has 1 aliphatic heterocycles. The standard InChI is InChI=1S/C8H18BNO3/c1-12-9(13-2)6-8(11)7-4-3-5-10-7/h7-8,10-11H,3-6H2,1-2H3/t7-,8+/m0/s1. The maximum atomic E-state index is 9.76. The second-order valence-electron chi connectivity index (χ2n) is 3.41. The number of hydrogen-bond acceptors (Lipinski definition) is 4. The average Bonchev–Trinajstić information content (AvgIpc) is 2.66. The smallest absolute Gasteiger partial charge is 0.414 e. The zero-order valence-corrected chi connectivity index (χ0v) is 8.32. The van der Waals surface area contributed by atoms with Crippen LogP contribution in [-0.2, 0) is 9.31 Å². The Hall–Kier alpha value is -0.0951. The molecule has 0 aromatic rings. The summed E-state index contributed by atoms with van der Waals surface area (Å²) < 4.78 is 10.0. The lowest BCUT2D eigenvalue weighted by atomic mass is 9.79. The van der Waals surface area contributed by atoms with Crippen molar-refractivity contribution in [3.8, 4) is 0 Å². The second-order valence-corrected chi connectivity index (χ2v) is 3.41. The van der Waals surface area contributed by atoms with Gasteiger partial charge in [0.25, 0.3) is 0 Å². The maximum Gasteiger partial charge on any atom is 0.459 e. The van der Waals surface area contributed by atoms with Gasteiger partial charge < -0.3 is 19.7 Å². The average molecular weight is 187 g/mol. The number of hydrogen-bond donors (Lipinski definition) is 2. The zero-order valence-electron chi connectivity index (χ0n) is 8.32. The number of aliphatic hydroxyl groups is 1. The zero-order chi connectivity index (χ0) is 9.68. The molecule has 0 spiro atoms. The van der Waals surface area contributed by atoms with Crippen LogP contribution in [0.1, 0.15) is 12.8 Å². The topological polar surface area (TPSA) is 50.7 Å². The van der Waals surface area contributed by atoms with E-state index in [2.05, 4.69) is 5.32 Å². The second kappa shape index (κ2) is 5.60. The lowest BCUT2D eigenvalue weighted by Gasteiger charge is -2.19. The first kappa shape index (κ1) is 11.0. The molecule has 1 heterocycles. The highest BCUT2D eigenvalue weighted by atomic mass is 16.6. The highest BCUT2D eigenvalue weighted by Gasteiger charge is 2.28. The fraction of sp³-hybridized carbons (Fsp3) is 1.00. The molecule has 0 bridgehead atoms. The third kappa shape index (κ3) is 3.27. The Morgan fingerprint density at radius 2 is 2.23 bits per heavy atom. The molecule has 4 nitrogen and oxygen atoms in total.